The Balaban J connectivity index is 1.92. The standard InChI is InChI=1S/C19H20Cl2N2O2/c1-19(2,3)15-6-4-5-7-17(15)25-12-18(24)23-22-11-13-8-9-14(20)10-16(13)21/h4-11H,12H2,1-3H3,(H,23,24). The Bertz CT molecular complexity index is 783. The molecule has 2 aromatic carbocycles. The normalized spacial score (nSPS) is 11.6. The molecule has 0 spiro atoms. The Hall–Kier alpha value is -2.04. The zero-order valence-electron chi connectivity index (χ0n) is 14.3. The summed E-state index contributed by atoms with van der Waals surface area (Å²) in [5.74, 6) is 0.333. The number of halogens is 2. The smallest absolute Gasteiger partial charge is 0.277 e. The lowest BCUT2D eigenvalue weighted by molar-refractivity contribution is -0.123. The number of ether oxygens (including phenoxy) is 1. The molecule has 25 heavy (non-hydrogen) atoms. The Morgan fingerprint density at radius 3 is 2.60 bits per heavy atom. The molecule has 0 bridgehead atoms. The van der Waals surface area contributed by atoms with Gasteiger partial charge < -0.3 is 4.74 Å². The third-order valence-electron chi connectivity index (χ3n) is 3.41. The molecular weight excluding hydrogens is 359 g/mol. The molecule has 0 radical (unpaired) electrons. The molecule has 0 saturated heterocycles. The van der Waals surface area contributed by atoms with Crippen molar-refractivity contribution in [2.24, 2.45) is 5.10 Å². The number of hydrogen-bond donors (Lipinski definition) is 1. The van der Waals surface area contributed by atoms with Crippen LogP contribution in [0.1, 0.15) is 31.9 Å². The minimum atomic E-state index is -0.356. The molecule has 2 aromatic rings. The highest BCUT2D eigenvalue weighted by Gasteiger charge is 2.18. The van der Waals surface area contributed by atoms with Gasteiger partial charge in [0.25, 0.3) is 5.91 Å². The van der Waals surface area contributed by atoms with Crippen molar-refractivity contribution in [3.63, 3.8) is 0 Å². The van der Waals surface area contributed by atoms with Crippen molar-refractivity contribution in [3.8, 4) is 5.75 Å². The summed E-state index contributed by atoms with van der Waals surface area (Å²) >= 11 is 11.9. The molecule has 6 heteroatoms. The Kier molecular flexibility index (Phi) is 6.45. The fraction of sp³-hybridized carbons (Fsp3) is 0.263. The van der Waals surface area contributed by atoms with Gasteiger partial charge in [0.2, 0.25) is 0 Å². The summed E-state index contributed by atoms with van der Waals surface area (Å²) in [7, 11) is 0. The van der Waals surface area contributed by atoms with Crippen molar-refractivity contribution >= 4 is 35.3 Å². The predicted octanol–water partition coefficient (Wildman–Crippen LogP) is 4.82. The van der Waals surface area contributed by atoms with Gasteiger partial charge in [-0.05, 0) is 29.2 Å². The number of hydrogen-bond acceptors (Lipinski definition) is 3. The average Bonchev–Trinajstić information content (AvgIpc) is 2.54. The maximum atomic E-state index is 11.9. The lowest BCUT2D eigenvalue weighted by atomic mass is 9.86. The van der Waals surface area contributed by atoms with Crippen LogP contribution in [-0.2, 0) is 10.2 Å². The summed E-state index contributed by atoms with van der Waals surface area (Å²) in [5.41, 5.74) is 4.04. The average molecular weight is 379 g/mol. The number of nitrogens with zero attached hydrogens (tertiary/aromatic N) is 1. The van der Waals surface area contributed by atoms with Crippen LogP contribution in [-0.4, -0.2) is 18.7 Å². The van der Waals surface area contributed by atoms with Crippen LogP contribution in [0.25, 0.3) is 0 Å². The van der Waals surface area contributed by atoms with Crippen LogP contribution in [0.3, 0.4) is 0 Å². The van der Waals surface area contributed by atoms with Crippen LogP contribution in [0.15, 0.2) is 47.6 Å². The van der Waals surface area contributed by atoms with E-state index in [0.29, 0.717) is 21.4 Å². The topological polar surface area (TPSA) is 50.7 Å². The first-order chi connectivity index (χ1) is 11.8. The Labute approximate surface area is 157 Å². The summed E-state index contributed by atoms with van der Waals surface area (Å²) in [6.07, 6.45) is 1.46. The number of amides is 1. The van der Waals surface area contributed by atoms with Crippen LogP contribution in [0, 0.1) is 0 Å². The number of carbonyl (C=O) groups excluding carboxylic acids is 1. The third kappa shape index (κ3) is 5.76. The van der Waals surface area contributed by atoms with Gasteiger partial charge in [-0.2, -0.15) is 5.10 Å². The van der Waals surface area contributed by atoms with E-state index in [1.807, 2.05) is 24.3 Å². The molecule has 1 N–H and O–H groups in total. The predicted molar refractivity (Wildman–Crippen MR) is 103 cm³/mol. The minimum Gasteiger partial charge on any atom is -0.483 e. The highest BCUT2D eigenvalue weighted by molar-refractivity contribution is 6.36. The first-order valence-electron chi connectivity index (χ1n) is 7.76. The van der Waals surface area contributed by atoms with Gasteiger partial charge >= 0.3 is 0 Å². The van der Waals surface area contributed by atoms with Crippen molar-refractivity contribution in [1.82, 2.24) is 5.43 Å². The molecule has 0 fully saturated rings. The molecule has 0 aliphatic carbocycles. The number of rotatable bonds is 5. The van der Waals surface area contributed by atoms with Gasteiger partial charge in [0, 0.05) is 10.6 Å². The van der Waals surface area contributed by atoms with Crippen LogP contribution in [0.2, 0.25) is 10.0 Å². The largest absolute Gasteiger partial charge is 0.483 e. The molecule has 4 nitrogen and oxygen atoms in total. The zero-order chi connectivity index (χ0) is 18.4. The summed E-state index contributed by atoms with van der Waals surface area (Å²) < 4.78 is 5.64. The van der Waals surface area contributed by atoms with E-state index in [0.717, 1.165) is 5.56 Å². The van der Waals surface area contributed by atoms with Gasteiger partial charge in [-0.25, -0.2) is 5.43 Å². The molecule has 1 amide bonds. The van der Waals surface area contributed by atoms with Crippen molar-refractivity contribution in [3.05, 3.63) is 63.6 Å². The van der Waals surface area contributed by atoms with Crippen LogP contribution < -0.4 is 10.2 Å². The minimum absolute atomic E-state index is 0.0729. The highest BCUT2D eigenvalue weighted by atomic mass is 35.5. The van der Waals surface area contributed by atoms with Crippen molar-refractivity contribution < 1.29 is 9.53 Å². The third-order valence-corrected chi connectivity index (χ3v) is 3.97. The van der Waals surface area contributed by atoms with E-state index in [9.17, 15) is 4.79 Å². The Morgan fingerprint density at radius 1 is 1.20 bits per heavy atom. The lowest BCUT2D eigenvalue weighted by Gasteiger charge is -2.22. The Morgan fingerprint density at radius 2 is 1.92 bits per heavy atom. The summed E-state index contributed by atoms with van der Waals surface area (Å²) in [4.78, 5) is 11.9. The molecular formula is C19H20Cl2N2O2. The summed E-state index contributed by atoms with van der Waals surface area (Å²) in [6, 6.07) is 12.7. The van der Waals surface area contributed by atoms with Crippen molar-refractivity contribution in [2.75, 3.05) is 6.61 Å². The van der Waals surface area contributed by atoms with E-state index in [1.165, 1.54) is 6.21 Å². The second-order valence-electron chi connectivity index (χ2n) is 6.49. The number of para-hydroxylation sites is 1. The van der Waals surface area contributed by atoms with Crippen molar-refractivity contribution in [2.45, 2.75) is 26.2 Å². The fourth-order valence-corrected chi connectivity index (χ4v) is 2.62. The highest BCUT2D eigenvalue weighted by Crippen LogP contribution is 2.30. The van der Waals surface area contributed by atoms with Crippen molar-refractivity contribution in [1.29, 1.82) is 0 Å². The van der Waals surface area contributed by atoms with Crippen LogP contribution in [0.5, 0.6) is 5.75 Å². The summed E-state index contributed by atoms with van der Waals surface area (Å²) in [6.45, 7) is 6.15. The lowest BCUT2D eigenvalue weighted by Crippen LogP contribution is -2.25. The number of nitrogens with one attached hydrogen (secondary N) is 1. The van der Waals surface area contributed by atoms with Crippen LogP contribution in [0.4, 0.5) is 0 Å². The van der Waals surface area contributed by atoms with E-state index >= 15 is 0 Å². The quantitative estimate of drug-likeness (QED) is 0.598. The van der Waals surface area contributed by atoms with E-state index in [1.54, 1.807) is 18.2 Å². The molecule has 0 unspecified atom stereocenters. The van der Waals surface area contributed by atoms with E-state index in [-0.39, 0.29) is 17.9 Å². The van der Waals surface area contributed by atoms with E-state index in [2.05, 4.69) is 31.3 Å². The van der Waals surface area contributed by atoms with Gasteiger partial charge in [0.15, 0.2) is 6.61 Å². The fourth-order valence-electron chi connectivity index (χ4n) is 2.17. The molecule has 0 heterocycles. The van der Waals surface area contributed by atoms with Gasteiger partial charge in [-0.15, -0.1) is 0 Å². The molecule has 0 aliphatic rings. The van der Waals surface area contributed by atoms with Crippen LogP contribution >= 0.6 is 23.2 Å². The number of carbonyl (C=O) groups is 1. The van der Waals surface area contributed by atoms with Gasteiger partial charge in [-0.3, -0.25) is 4.79 Å². The number of benzene rings is 2. The van der Waals surface area contributed by atoms with Gasteiger partial charge in [0.05, 0.1) is 11.2 Å². The molecule has 2 rings (SSSR count). The monoisotopic (exact) mass is 378 g/mol. The van der Waals surface area contributed by atoms with E-state index in [4.69, 9.17) is 27.9 Å². The van der Waals surface area contributed by atoms with Gasteiger partial charge in [-0.1, -0.05) is 68.2 Å². The first-order valence-corrected chi connectivity index (χ1v) is 8.52. The second-order valence-corrected chi connectivity index (χ2v) is 7.34. The first kappa shape index (κ1) is 19.3. The summed E-state index contributed by atoms with van der Waals surface area (Å²) in [5, 5.41) is 4.88. The molecule has 0 aromatic heterocycles. The molecule has 0 atom stereocenters. The molecule has 132 valence electrons. The maximum absolute atomic E-state index is 11.9. The van der Waals surface area contributed by atoms with Gasteiger partial charge in [0.1, 0.15) is 5.75 Å². The molecule has 0 aliphatic heterocycles. The number of hydrazone groups is 1. The van der Waals surface area contributed by atoms with E-state index < -0.39 is 0 Å². The SMILES string of the molecule is CC(C)(C)c1ccccc1OCC(=O)NN=Cc1ccc(Cl)cc1Cl. The maximum Gasteiger partial charge on any atom is 0.277 e. The zero-order valence-corrected chi connectivity index (χ0v) is 15.9. The molecule has 0 saturated carbocycles. The second kappa shape index (κ2) is 8.37.